The molecule has 1 heterocycles. The molecule has 0 aromatic rings. The van der Waals surface area contributed by atoms with Crippen molar-refractivity contribution in [2.24, 2.45) is 29.6 Å². The van der Waals surface area contributed by atoms with E-state index in [1.165, 1.54) is 0 Å². The van der Waals surface area contributed by atoms with Crippen LogP contribution in [0.3, 0.4) is 0 Å². The van der Waals surface area contributed by atoms with E-state index in [0.29, 0.717) is 12.8 Å². The second-order valence-corrected chi connectivity index (χ2v) is 9.69. The van der Waals surface area contributed by atoms with Gasteiger partial charge in [0.1, 0.15) is 6.04 Å². The number of likely N-dealkylation sites (tertiary alicyclic amines) is 1. The maximum absolute atomic E-state index is 13.8. The Morgan fingerprint density at radius 2 is 1.88 bits per heavy atom. The van der Waals surface area contributed by atoms with Crippen molar-refractivity contribution in [3.63, 3.8) is 0 Å². The van der Waals surface area contributed by atoms with Gasteiger partial charge in [0.15, 0.2) is 0 Å². The lowest BCUT2D eigenvalue weighted by Crippen LogP contribution is -2.54. The van der Waals surface area contributed by atoms with E-state index < -0.39 is 29.8 Å². The summed E-state index contributed by atoms with van der Waals surface area (Å²) in [6.07, 6.45) is 7.00. The third-order valence-corrected chi connectivity index (χ3v) is 6.80. The van der Waals surface area contributed by atoms with Crippen molar-refractivity contribution in [1.29, 1.82) is 0 Å². The van der Waals surface area contributed by atoms with E-state index in [1.807, 2.05) is 39.8 Å². The SMILES string of the molecule is CCCC(C)NC(=O)[C@@H]1[C@H]2C=C[C@@H](CC)[C@@H](C(=O)OCC)[C@@H]2C(=O)N1[C@@H](CO)CC(C)C. The molecule has 1 fully saturated rings. The standard InChI is InChI=1S/C25H42N2O5/c1-7-10-16(6)26-23(29)22-19-12-11-17(8-2)20(25(31)32-9-3)21(19)24(30)27(22)18(14-28)13-15(4)5/h11-12,15-22,28H,7-10,13-14H2,1-6H3,(H,26,29)/t16?,17-,18-,19+,20-,21-,22+/m1/s1. The summed E-state index contributed by atoms with van der Waals surface area (Å²) in [5.74, 6) is -2.37. The van der Waals surface area contributed by atoms with Gasteiger partial charge in [-0.3, -0.25) is 14.4 Å². The molecule has 2 rings (SSSR count). The summed E-state index contributed by atoms with van der Waals surface area (Å²) in [5, 5.41) is 13.2. The van der Waals surface area contributed by atoms with E-state index in [1.54, 1.807) is 11.8 Å². The van der Waals surface area contributed by atoms with Crippen molar-refractivity contribution >= 4 is 17.8 Å². The second-order valence-electron chi connectivity index (χ2n) is 9.69. The summed E-state index contributed by atoms with van der Waals surface area (Å²) in [4.78, 5) is 41.8. The molecular weight excluding hydrogens is 408 g/mol. The Kier molecular flexibility index (Phi) is 9.74. The van der Waals surface area contributed by atoms with Crippen LogP contribution in [0.1, 0.15) is 67.2 Å². The van der Waals surface area contributed by atoms with Crippen LogP contribution in [0.4, 0.5) is 0 Å². The number of nitrogens with one attached hydrogen (secondary N) is 1. The second kappa shape index (κ2) is 11.8. The molecule has 0 aromatic carbocycles. The number of nitrogens with zero attached hydrogens (tertiary/aromatic N) is 1. The number of ether oxygens (including phenoxy) is 1. The molecule has 0 aromatic heterocycles. The summed E-state index contributed by atoms with van der Waals surface area (Å²) in [6, 6.07) is -1.23. The number of esters is 1. The van der Waals surface area contributed by atoms with Gasteiger partial charge in [-0.15, -0.1) is 0 Å². The normalized spacial score (nSPS) is 29.1. The average molecular weight is 451 g/mol. The van der Waals surface area contributed by atoms with Crippen LogP contribution in [-0.4, -0.2) is 59.1 Å². The smallest absolute Gasteiger partial charge is 0.310 e. The number of aliphatic hydroxyl groups is 1. The zero-order valence-electron chi connectivity index (χ0n) is 20.5. The number of amides is 2. The van der Waals surface area contributed by atoms with Crippen LogP contribution >= 0.6 is 0 Å². The van der Waals surface area contributed by atoms with E-state index >= 15 is 0 Å². The first-order valence-corrected chi connectivity index (χ1v) is 12.3. The largest absolute Gasteiger partial charge is 0.466 e. The summed E-state index contributed by atoms with van der Waals surface area (Å²) >= 11 is 0. The van der Waals surface area contributed by atoms with Gasteiger partial charge < -0.3 is 20.1 Å². The van der Waals surface area contributed by atoms with Crippen molar-refractivity contribution in [3.05, 3.63) is 12.2 Å². The maximum atomic E-state index is 13.8. The highest BCUT2D eigenvalue weighted by Crippen LogP contribution is 2.46. The van der Waals surface area contributed by atoms with E-state index in [0.717, 1.165) is 12.8 Å². The number of carbonyl (C=O) groups is 3. The molecule has 0 spiro atoms. The van der Waals surface area contributed by atoms with E-state index in [9.17, 15) is 19.5 Å². The molecule has 1 unspecified atom stereocenters. The molecule has 0 bridgehead atoms. The summed E-state index contributed by atoms with van der Waals surface area (Å²) in [7, 11) is 0. The van der Waals surface area contributed by atoms with Crippen molar-refractivity contribution < 1.29 is 24.2 Å². The highest BCUT2D eigenvalue weighted by molar-refractivity contribution is 5.96. The number of carbonyl (C=O) groups excluding carboxylic acids is 3. The molecule has 1 aliphatic heterocycles. The molecule has 1 saturated heterocycles. The first kappa shape index (κ1) is 26.4. The number of allylic oxidation sites excluding steroid dienone is 1. The molecule has 2 amide bonds. The van der Waals surface area contributed by atoms with Crippen molar-refractivity contribution in [3.8, 4) is 0 Å². The average Bonchev–Trinajstić information content (AvgIpc) is 3.03. The number of hydrogen-bond acceptors (Lipinski definition) is 5. The van der Waals surface area contributed by atoms with E-state index in [-0.39, 0.29) is 48.9 Å². The minimum absolute atomic E-state index is 0.0157. The molecule has 7 atom stereocenters. The van der Waals surface area contributed by atoms with Crippen molar-refractivity contribution in [2.45, 2.75) is 85.4 Å². The monoisotopic (exact) mass is 450 g/mol. The minimum atomic E-state index is -0.742. The quantitative estimate of drug-likeness (QED) is 0.373. The molecule has 32 heavy (non-hydrogen) atoms. The minimum Gasteiger partial charge on any atom is -0.466 e. The Morgan fingerprint density at radius 3 is 2.41 bits per heavy atom. The van der Waals surface area contributed by atoms with Gasteiger partial charge in [-0.25, -0.2) is 0 Å². The topological polar surface area (TPSA) is 95.9 Å². The Morgan fingerprint density at radius 1 is 1.19 bits per heavy atom. The van der Waals surface area contributed by atoms with Crippen molar-refractivity contribution in [1.82, 2.24) is 10.2 Å². The number of rotatable bonds is 11. The molecular formula is C25H42N2O5. The fourth-order valence-corrected chi connectivity index (χ4v) is 5.44. The van der Waals surface area contributed by atoms with Crippen LogP contribution in [0.15, 0.2) is 12.2 Å². The zero-order chi connectivity index (χ0) is 24.0. The highest BCUT2D eigenvalue weighted by atomic mass is 16.5. The molecule has 0 radical (unpaired) electrons. The Hall–Kier alpha value is -1.89. The Bertz CT molecular complexity index is 692. The third kappa shape index (κ3) is 5.53. The summed E-state index contributed by atoms with van der Waals surface area (Å²) < 4.78 is 5.36. The first-order chi connectivity index (χ1) is 15.2. The van der Waals surface area contributed by atoms with Gasteiger partial charge in [0.2, 0.25) is 11.8 Å². The van der Waals surface area contributed by atoms with Crippen LogP contribution in [0.5, 0.6) is 0 Å². The van der Waals surface area contributed by atoms with Crippen molar-refractivity contribution in [2.75, 3.05) is 13.2 Å². The van der Waals surface area contributed by atoms with E-state index in [2.05, 4.69) is 12.2 Å². The van der Waals surface area contributed by atoms with Crippen LogP contribution in [0.2, 0.25) is 0 Å². The summed E-state index contributed by atoms with van der Waals surface area (Å²) in [6.45, 7) is 11.9. The molecule has 7 nitrogen and oxygen atoms in total. The fourth-order valence-electron chi connectivity index (χ4n) is 5.44. The predicted octanol–water partition coefficient (Wildman–Crippen LogP) is 2.92. The van der Waals surface area contributed by atoms with Gasteiger partial charge in [-0.1, -0.05) is 46.3 Å². The predicted molar refractivity (Wildman–Crippen MR) is 123 cm³/mol. The lowest BCUT2D eigenvalue weighted by molar-refractivity contribution is -0.156. The fraction of sp³-hybridized carbons (Fsp3) is 0.800. The first-order valence-electron chi connectivity index (χ1n) is 12.3. The van der Waals surface area contributed by atoms with Gasteiger partial charge in [-0.2, -0.15) is 0 Å². The molecule has 182 valence electrons. The van der Waals surface area contributed by atoms with Crippen LogP contribution in [-0.2, 0) is 19.1 Å². The molecule has 0 saturated carbocycles. The van der Waals surface area contributed by atoms with Crippen LogP contribution in [0, 0.1) is 29.6 Å². The molecule has 2 N–H and O–H groups in total. The lowest BCUT2D eigenvalue weighted by atomic mass is 9.69. The molecule has 7 heteroatoms. The lowest BCUT2D eigenvalue weighted by Gasteiger charge is -2.35. The highest BCUT2D eigenvalue weighted by Gasteiger charge is 2.58. The molecule has 2 aliphatic rings. The number of hydrogen-bond donors (Lipinski definition) is 2. The summed E-state index contributed by atoms with van der Waals surface area (Å²) in [5.41, 5.74) is 0. The molecule has 1 aliphatic carbocycles. The van der Waals surface area contributed by atoms with Gasteiger partial charge >= 0.3 is 5.97 Å². The number of aliphatic hydroxyl groups excluding tert-OH is 1. The van der Waals surface area contributed by atoms with E-state index in [4.69, 9.17) is 4.74 Å². The van der Waals surface area contributed by atoms with Gasteiger partial charge in [-0.05, 0) is 44.9 Å². The van der Waals surface area contributed by atoms with Gasteiger partial charge in [0.25, 0.3) is 0 Å². The van der Waals surface area contributed by atoms with Gasteiger partial charge in [0.05, 0.1) is 31.1 Å². The zero-order valence-corrected chi connectivity index (χ0v) is 20.5. The number of fused-ring (bicyclic) bond motifs is 1. The van der Waals surface area contributed by atoms with Crippen LogP contribution < -0.4 is 5.32 Å². The third-order valence-electron chi connectivity index (χ3n) is 6.80. The Balaban J connectivity index is 2.50. The van der Waals surface area contributed by atoms with Crippen LogP contribution in [0.25, 0.3) is 0 Å². The Labute approximate surface area is 192 Å². The van der Waals surface area contributed by atoms with Gasteiger partial charge in [0, 0.05) is 12.0 Å². The maximum Gasteiger partial charge on any atom is 0.310 e.